The minimum absolute atomic E-state index is 0.134. The van der Waals surface area contributed by atoms with Crippen LogP contribution in [-0.4, -0.2) is 41.0 Å². The smallest absolute Gasteiger partial charge is 0.358 e. The molecule has 7 heteroatoms. The van der Waals surface area contributed by atoms with Crippen LogP contribution in [0.1, 0.15) is 43.1 Å². The summed E-state index contributed by atoms with van der Waals surface area (Å²) in [5.74, 6) is -0.712. The maximum Gasteiger partial charge on any atom is 0.358 e. The van der Waals surface area contributed by atoms with Gasteiger partial charge >= 0.3 is 5.97 Å². The van der Waals surface area contributed by atoms with Crippen LogP contribution in [0.2, 0.25) is 5.02 Å². The third kappa shape index (κ3) is 4.62. The highest BCUT2D eigenvalue weighted by atomic mass is 35.5. The molecule has 1 aromatic heterocycles. The first-order valence-corrected chi connectivity index (χ1v) is 10.0. The van der Waals surface area contributed by atoms with Gasteiger partial charge in [-0.1, -0.05) is 36.6 Å². The Labute approximate surface area is 161 Å². The van der Waals surface area contributed by atoms with Crippen LogP contribution < -0.4 is 0 Å². The molecular formula is C19H21ClN2O3S. The summed E-state index contributed by atoms with van der Waals surface area (Å²) in [6.45, 7) is 3.09. The first-order chi connectivity index (χ1) is 12.5. The zero-order valence-corrected chi connectivity index (χ0v) is 16.2. The van der Waals surface area contributed by atoms with Gasteiger partial charge in [0.05, 0.1) is 0 Å². The van der Waals surface area contributed by atoms with Gasteiger partial charge in [0.25, 0.3) is 5.91 Å². The van der Waals surface area contributed by atoms with E-state index in [1.807, 2.05) is 12.1 Å². The van der Waals surface area contributed by atoms with E-state index in [9.17, 15) is 9.59 Å². The lowest BCUT2D eigenvalue weighted by molar-refractivity contribution is -0.139. The van der Waals surface area contributed by atoms with Gasteiger partial charge in [-0.05, 0) is 31.9 Å². The minimum atomic E-state index is -0.808. The Hall–Kier alpha value is -1.92. The number of halogens is 1. The first kappa shape index (κ1) is 18.9. The van der Waals surface area contributed by atoms with E-state index >= 15 is 0 Å². The molecule has 1 saturated heterocycles. The van der Waals surface area contributed by atoms with Gasteiger partial charge in [-0.25, -0.2) is 9.78 Å². The van der Waals surface area contributed by atoms with Crippen molar-refractivity contribution in [2.24, 2.45) is 0 Å². The lowest BCUT2D eigenvalue weighted by Crippen LogP contribution is -2.40. The molecule has 1 aliphatic rings. The zero-order chi connectivity index (χ0) is 18.5. The fraction of sp³-hybridized carbons (Fsp3) is 0.421. The third-order valence-corrected chi connectivity index (χ3v) is 5.46. The van der Waals surface area contributed by atoms with Crippen LogP contribution in [0.5, 0.6) is 0 Å². The average Bonchev–Trinajstić information content (AvgIpc) is 2.97. The molecule has 0 unspecified atom stereocenters. The van der Waals surface area contributed by atoms with E-state index in [0.717, 1.165) is 44.3 Å². The summed E-state index contributed by atoms with van der Waals surface area (Å²) in [4.78, 5) is 31.0. The Bertz CT molecular complexity index is 785. The first-order valence-electron chi connectivity index (χ1n) is 8.76. The second-order valence-electron chi connectivity index (χ2n) is 6.34. The van der Waals surface area contributed by atoms with Gasteiger partial charge in [0.2, 0.25) is 0 Å². The van der Waals surface area contributed by atoms with Gasteiger partial charge in [-0.3, -0.25) is 4.79 Å². The average molecular weight is 393 g/mol. The number of carbonyl (C=O) groups is 2. The predicted octanol–water partition coefficient (Wildman–Crippen LogP) is 4.41. The molecule has 2 heterocycles. The van der Waals surface area contributed by atoms with Gasteiger partial charge in [-0.15, -0.1) is 11.3 Å². The number of hydrogen-bond acceptors (Lipinski definition) is 5. The summed E-state index contributed by atoms with van der Waals surface area (Å²) >= 11 is 7.34. The SMILES string of the molecule is C[C@H](OC(=O)c1csc(-c2cccc(Cl)c2)n1)C(=O)N1CCCCCC1. The molecule has 0 aliphatic carbocycles. The maximum atomic E-state index is 12.5. The number of aromatic nitrogens is 1. The molecule has 5 nitrogen and oxygen atoms in total. The topological polar surface area (TPSA) is 59.5 Å². The number of esters is 1. The molecule has 0 bridgehead atoms. The molecule has 0 saturated carbocycles. The summed E-state index contributed by atoms with van der Waals surface area (Å²) < 4.78 is 5.35. The highest BCUT2D eigenvalue weighted by Crippen LogP contribution is 2.26. The highest BCUT2D eigenvalue weighted by molar-refractivity contribution is 7.13. The summed E-state index contributed by atoms with van der Waals surface area (Å²) in [6, 6.07) is 7.29. The Balaban J connectivity index is 1.63. The van der Waals surface area contributed by atoms with Crippen molar-refractivity contribution in [3.05, 3.63) is 40.4 Å². The number of likely N-dealkylation sites (tertiary alicyclic amines) is 1. The van der Waals surface area contributed by atoms with Crippen molar-refractivity contribution in [3.8, 4) is 10.6 Å². The number of hydrogen-bond donors (Lipinski definition) is 0. The van der Waals surface area contributed by atoms with E-state index < -0.39 is 12.1 Å². The molecule has 2 aromatic rings. The molecule has 1 fully saturated rings. The van der Waals surface area contributed by atoms with Crippen LogP contribution >= 0.6 is 22.9 Å². The van der Waals surface area contributed by atoms with Crippen molar-refractivity contribution in [1.82, 2.24) is 9.88 Å². The number of carbonyl (C=O) groups excluding carboxylic acids is 2. The predicted molar refractivity (Wildman–Crippen MR) is 102 cm³/mol. The molecule has 26 heavy (non-hydrogen) atoms. The highest BCUT2D eigenvalue weighted by Gasteiger charge is 2.25. The second kappa shape index (κ2) is 8.64. The fourth-order valence-electron chi connectivity index (χ4n) is 2.94. The number of rotatable bonds is 4. The van der Waals surface area contributed by atoms with Crippen molar-refractivity contribution >= 4 is 34.8 Å². The molecule has 0 N–H and O–H groups in total. The van der Waals surface area contributed by atoms with Crippen molar-refractivity contribution in [3.63, 3.8) is 0 Å². The van der Waals surface area contributed by atoms with Crippen LogP contribution in [0.4, 0.5) is 0 Å². The number of nitrogens with zero attached hydrogens (tertiary/aromatic N) is 2. The normalized spacial score (nSPS) is 16.0. The molecule has 1 atom stereocenters. The van der Waals surface area contributed by atoms with Gasteiger partial charge in [0, 0.05) is 29.1 Å². The van der Waals surface area contributed by atoms with Crippen molar-refractivity contribution in [2.45, 2.75) is 38.7 Å². The lowest BCUT2D eigenvalue weighted by Gasteiger charge is -2.23. The molecular weight excluding hydrogens is 372 g/mol. The Morgan fingerprint density at radius 2 is 1.96 bits per heavy atom. The van der Waals surface area contributed by atoms with E-state index in [1.165, 1.54) is 11.3 Å². The molecule has 1 aliphatic heterocycles. The van der Waals surface area contributed by atoms with E-state index in [4.69, 9.17) is 16.3 Å². The molecule has 0 spiro atoms. The largest absolute Gasteiger partial charge is 0.448 e. The fourth-order valence-corrected chi connectivity index (χ4v) is 3.92. The minimum Gasteiger partial charge on any atom is -0.448 e. The van der Waals surface area contributed by atoms with Gasteiger partial charge in [0.1, 0.15) is 5.01 Å². The number of amides is 1. The van der Waals surface area contributed by atoms with Crippen molar-refractivity contribution in [1.29, 1.82) is 0 Å². The Morgan fingerprint density at radius 3 is 2.65 bits per heavy atom. The number of ether oxygens (including phenoxy) is 1. The van der Waals surface area contributed by atoms with Crippen molar-refractivity contribution in [2.75, 3.05) is 13.1 Å². The standard InChI is InChI=1S/C19H21ClN2O3S/c1-13(18(23)22-9-4-2-3-5-10-22)25-19(24)16-12-26-17(21-16)14-7-6-8-15(20)11-14/h6-8,11-13H,2-5,9-10H2,1H3/t13-/m0/s1. The monoisotopic (exact) mass is 392 g/mol. The molecule has 138 valence electrons. The quantitative estimate of drug-likeness (QED) is 0.723. The molecule has 1 amide bonds. The van der Waals surface area contributed by atoms with E-state index in [-0.39, 0.29) is 11.6 Å². The molecule has 3 rings (SSSR count). The summed E-state index contributed by atoms with van der Waals surface area (Å²) in [5, 5.41) is 2.94. The van der Waals surface area contributed by atoms with Crippen LogP contribution in [0, 0.1) is 0 Å². The summed E-state index contributed by atoms with van der Waals surface area (Å²) in [5.41, 5.74) is 1.05. The number of benzene rings is 1. The molecule has 1 aromatic carbocycles. The van der Waals surface area contributed by atoms with E-state index in [2.05, 4.69) is 4.98 Å². The van der Waals surface area contributed by atoms with Crippen LogP contribution in [0.3, 0.4) is 0 Å². The van der Waals surface area contributed by atoms with E-state index in [1.54, 1.807) is 29.3 Å². The second-order valence-corrected chi connectivity index (χ2v) is 7.63. The third-order valence-electron chi connectivity index (χ3n) is 4.33. The van der Waals surface area contributed by atoms with Gasteiger partial charge < -0.3 is 9.64 Å². The number of thiazole rings is 1. The summed E-state index contributed by atoms with van der Waals surface area (Å²) in [7, 11) is 0. The zero-order valence-electron chi connectivity index (χ0n) is 14.6. The summed E-state index contributed by atoms with van der Waals surface area (Å²) in [6.07, 6.45) is 3.48. The van der Waals surface area contributed by atoms with Gasteiger partial charge in [-0.2, -0.15) is 0 Å². The van der Waals surface area contributed by atoms with Crippen LogP contribution in [0.15, 0.2) is 29.6 Å². The molecule has 0 radical (unpaired) electrons. The van der Waals surface area contributed by atoms with Gasteiger partial charge in [0.15, 0.2) is 11.8 Å². The maximum absolute atomic E-state index is 12.5. The van der Waals surface area contributed by atoms with Crippen LogP contribution in [0.25, 0.3) is 10.6 Å². The lowest BCUT2D eigenvalue weighted by atomic mass is 10.2. The van der Waals surface area contributed by atoms with Crippen LogP contribution in [-0.2, 0) is 9.53 Å². The van der Waals surface area contributed by atoms with E-state index in [0.29, 0.717) is 10.0 Å². The van der Waals surface area contributed by atoms with Crippen molar-refractivity contribution < 1.29 is 14.3 Å². The Kier molecular flexibility index (Phi) is 6.27. The Morgan fingerprint density at radius 1 is 1.23 bits per heavy atom.